The van der Waals surface area contributed by atoms with Crippen molar-refractivity contribution in [2.75, 3.05) is 6.61 Å². The number of benzene rings is 3. The van der Waals surface area contributed by atoms with Gasteiger partial charge in [0.05, 0.1) is 18.7 Å². The summed E-state index contributed by atoms with van der Waals surface area (Å²) in [6.07, 6.45) is -4.56. The zero-order chi connectivity index (χ0) is 32.7. The third-order valence-corrected chi connectivity index (χ3v) is 9.48. The number of nitrogens with zero attached hydrogens (tertiary/aromatic N) is 1. The lowest BCUT2D eigenvalue weighted by Crippen LogP contribution is -2.60. The van der Waals surface area contributed by atoms with Crippen LogP contribution in [-0.2, 0) is 23.1 Å². The standard InChI is InChI=1S/C34H37N3O9/c35-33(36)37-15-21-20(14-34(12-6-7-13-34)17-8-2-1-3-9-17)23-24(26(40)19-11-5-4-10-18(19)25(23)39)28(42)31(21)46-32-30(44)29(43)27(41)22(16-38)45-32/h1-5,8-11,22,27,29-30,32,38,41-44H,6-7,12-16H2,(H4,35,36,37). The highest BCUT2D eigenvalue weighted by Crippen LogP contribution is 2.50. The van der Waals surface area contributed by atoms with E-state index in [-0.39, 0.29) is 52.5 Å². The zero-order valence-electron chi connectivity index (χ0n) is 25.0. The molecular formula is C34H37N3O9. The Morgan fingerprint density at radius 2 is 1.48 bits per heavy atom. The van der Waals surface area contributed by atoms with Gasteiger partial charge in [-0.15, -0.1) is 0 Å². The quantitative estimate of drug-likeness (QED) is 0.108. The molecule has 0 aromatic heterocycles. The lowest BCUT2D eigenvalue weighted by Gasteiger charge is -2.40. The average Bonchev–Trinajstić information content (AvgIpc) is 3.54. The number of guanidine groups is 1. The maximum absolute atomic E-state index is 14.3. The number of carbonyl (C=O) groups is 2. The maximum Gasteiger partial charge on any atom is 0.229 e. The second-order valence-corrected chi connectivity index (χ2v) is 12.2. The van der Waals surface area contributed by atoms with Gasteiger partial charge in [-0.1, -0.05) is 67.4 Å². The molecule has 6 rings (SSSR count). The van der Waals surface area contributed by atoms with Gasteiger partial charge < -0.3 is 46.5 Å². The molecule has 1 saturated carbocycles. The van der Waals surface area contributed by atoms with E-state index in [2.05, 4.69) is 4.99 Å². The molecule has 2 fully saturated rings. The molecule has 46 heavy (non-hydrogen) atoms. The zero-order valence-corrected chi connectivity index (χ0v) is 25.0. The number of aromatic hydroxyl groups is 1. The van der Waals surface area contributed by atoms with E-state index in [1.807, 2.05) is 30.3 Å². The van der Waals surface area contributed by atoms with Crippen molar-refractivity contribution in [2.24, 2.45) is 16.5 Å². The first-order valence-electron chi connectivity index (χ1n) is 15.2. The smallest absolute Gasteiger partial charge is 0.229 e. The second kappa shape index (κ2) is 12.5. The minimum atomic E-state index is -1.82. The van der Waals surface area contributed by atoms with Crippen LogP contribution >= 0.6 is 0 Å². The van der Waals surface area contributed by atoms with E-state index in [1.165, 1.54) is 6.07 Å². The van der Waals surface area contributed by atoms with Gasteiger partial charge in [0.25, 0.3) is 0 Å². The van der Waals surface area contributed by atoms with Crippen LogP contribution in [0.3, 0.4) is 0 Å². The number of aliphatic hydroxyl groups is 4. The molecule has 12 heteroatoms. The molecule has 5 unspecified atom stereocenters. The number of hydrogen-bond donors (Lipinski definition) is 7. The monoisotopic (exact) mass is 631 g/mol. The van der Waals surface area contributed by atoms with E-state index in [0.717, 1.165) is 31.2 Å². The molecule has 3 aromatic carbocycles. The molecule has 242 valence electrons. The number of phenols is 1. The van der Waals surface area contributed by atoms with Crippen LogP contribution in [0.1, 0.15) is 74.2 Å². The summed E-state index contributed by atoms with van der Waals surface area (Å²) in [6, 6.07) is 16.2. The highest BCUT2D eigenvalue weighted by molar-refractivity contribution is 6.30. The lowest BCUT2D eigenvalue weighted by molar-refractivity contribution is -0.277. The number of rotatable bonds is 8. The van der Waals surface area contributed by atoms with Crippen molar-refractivity contribution in [3.63, 3.8) is 0 Å². The summed E-state index contributed by atoms with van der Waals surface area (Å²) in [5, 5.41) is 53.2. The number of aliphatic hydroxyl groups excluding tert-OH is 4. The molecule has 3 aliphatic rings. The summed E-state index contributed by atoms with van der Waals surface area (Å²) in [7, 11) is 0. The van der Waals surface area contributed by atoms with Gasteiger partial charge in [0.2, 0.25) is 6.29 Å². The molecule has 0 amide bonds. The van der Waals surface area contributed by atoms with Crippen LogP contribution in [0.5, 0.6) is 11.5 Å². The van der Waals surface area contributed by atoms with E-state index >= 15 is 0 Å². The Balaban J connectivity index is 1.61. The van der Waals surface area contributed by atoms with E-state index in [1.54, 1.807) is 18.2 Å². The minimum absolute atomic E-state index is 0.0188. The number of nitrogens with two attached hydrogens (primary N) is 2. The molecule has 0 spiro atoms. The number of fused-ring (bicyclic) bond motifs is 2. The van der Waals surface area contributed by atoms with Gasteiger partial charge >= 0.3 is 0 Å². The Bertz CT molecular complexity index is 1680. The molecule has 1 aliphatic heterocycles. The maximum atomic E-state index is 14.3. The average molecular weight is 632 g/mol. The summed E-state index contributed by atoms with van der Waals surface area (Å²) < 4.78 is 11.7. The van der Waals surface area contributed by atoms with Crippen molar-refractivity contribution in [1.82, 2.24) is 0 Å². The predicted octanol–water partition coefficient (Wildman–Crippen LogP) is 1.17. The minimum Gasteiger partial charge on any atom is -0.504 e. The Hall–Kier alpha value is -4.33. The number of aliphatic imine (C=N–C) groups is 1. The first-order valence-corrected chi connectivity index (χ1v) is 15.2. The summed E-state index contributed by atoms with van der Waals surface area (Å²) in [5.74, 6) is -2.36. The Morgan fingerprint density at radius 1 is 0.870 bits per heavy atom. The van der Waals surface area contributed by atoms with Crippen molar-refractivity contribution in [3.8, 4) is 11.5 Å². The van der Waals surface area contributed by atoms with E-state index < -0.39 is 60.0 Å². The fourth-order valence-corrected chi connectivity index (χ4v) is 7.12. The van der Waals surface area contributed by atoms with Crippen molar-refractivity contribution in [1.29, 1.82) is 0 Å². The Labute approximate surface area is 264 Å². The van der Waals surface area contributed by atoms with Crippen LogP contribution in [-0.4, -0.2) is 80.4 Å². The van der Waals surface area contributed by atoms with Crippen LogP contribution in [0.25, 0.3) is 0 Å². The highest BCUT2D eigenvalue weighted by Gasteiger charge is 2.47. The van der Waals surface area contributed by atoms with Gasteiger partial charge in [-0.25, -0.2) is 4.99 Å². The fraction of sp³-hybridized carbons (Fsp3) is 0.382. The number of ketones is 2. The molecule has 9 N–H and O–H groups in total. The number of carbonyl (C=O) groups excluding carboxylic acids is 2. The molecule has 2 aliphatic carbocycles. The van der Waals surface area contributed by atoms with Crippen molar-refractivity contribution < 1.29 is 44.6 Å². The number of hydrogen-bond acceptors (Lipinski definition) is 10. The van der Waals surface area contributed by atoms with E-state index in [9.17, 15) is 35.1 Å². The normalized spacial score (nSPS) is 25.1. The molecule has 0 radical (unpaired) electrons. The number of ether oxygens (including phenoxy) is 2. The van der Waals surface area contributed by atoms with Gasteiger partial charge in [0.1, 0.15) is 24.4 Å². The van der Waals surface area contributed by atoms with Gasteiger partial charge in [-0.05, 0) is 35.8 Å². The largest absolute Gasteiger partial charge is 0.504 e. The third kappa shape index (κ3) is 5.31. The van der Waals surface area contributed by atoms with Gasteiger partial charge in [-0.2, -0.15) is 0 Å². The first kappa shape index (κ1) is 31.6. The Morgan fingerprint density at radius 3 is 2.09 bits per heavy atom. The first-order chi connectivity index (χ1) is 22.1. The van der Waals surface area contributed by atoms with Crippen LogP contribution in [0.4, 0.5) is 0 Å². The molecule has 1 saturated heterocycles. The van der Waals surface area contributed by atoms with Gasteiger partial charge in [-0.3, -0.25) is 9.59 Å². The summed E-state index contributed by atoms with van der Waals surface area (Å²) in [6.45, 7) is -0.990. The SMILES string of the molecule is NC(N)=NCc1c(CC2(c3ccccc3)CCCC2)c2c(c(O)c1OC1OC(CO)C(O)C(O)C1O)C(=O)c1ccccc1C2=O. The van der Waals surface area contributed by atoms with Gasteiger partial charge in [0.15, 0.2) is 29.0 Å². The van der Waals surface area contributed by atoms with E-state index in [4.69, 9.17) is 20.9 Å². The van der Waals surface area contributed by atoms with Gasteiger partial charge in [0, 0.05) is 22.3 Å². The van der Waals surface area contributed by atoms with Crippen LogP contribution in [0.15, 0.2) is 59.6 Å². The lowest BCUT2D eigenvalue weighted by atomic mass is 9.70. The fourth-order valence-electron chi connectivity index (χ4n) is 7.12. The molecular weight excluding hydrogens is 594 g/mol. The third-order valence-electron chi connectivity index (χ3n) is 9.48. The Kier molecular flexibility index (Phi) is 8.57. The molecule has 0 bridgehead atoms. The number of phenolic OH excluding ortho intramolecular Hbond substituents is 1. The molecule has 3 aromatic rings. The molecule has 12 nitrogen and oxygen atoms in total. The van der Waals surface area contributed by atoms with E-state index in [0.29, 0.717) is 5.56 Å². The molecule has 5 atom stereocenters. The summed E-state index contributed by atoms with van der Waals surface area (Å²) in [5.41, 5.74) is 12.7. The summed E-state index contributed by atoms with van der Waals surface area (Å²) in [4.78, 5) is 32.6. The van der Waals surface area contributed by atoms with Crippen LogP contribution in [0, 0.1) is 0 Å². The van der Waals surface area contributed by atoms with Crippen molar-refractivity contribution in [3.05, 3.63) is 93.5 Å². The highest BCUT2D eigenvalue weighted by atomic mass is 16.7. The summed E-state index contributed by atoms with van der Waals surface area (Å²) >= 11 is 0. The second-order valence-electron chi connectivity index (χ2n) is 12.2. The van der Waals surface area contributed by atoms with Crippen LogP contribution < -0.4 is 16.2 Å². The predicted molar refractivity (Wildman–Crippen MR) is 166 cm³/mol. The van der Waals surface area contributed by atoms with Crippen molar-refractivity contribution >= 4 is 17.5 Å². The molecule has 1 heterocycles. The van der Waals surface area contributed by atoms with Crippen LogP contribution in [0.2, 0.25) is 0 Å². The topological polar surface area (TPSA) is 218 Å². The van der Waals surface area contributed by atoms with Crippen molar-refractivity contribution in [2.45, 2.75) is 74.8 Å².